The summed E-state index contributed by atoms with van der Waals surface area (Å²) in [6.07, 6.45) is 2.07. The zero-order valence-electron chi connectivity index (χ0n) is 12.2. The zero-order chi connectivity index (χ0) is 14.2. The standard InChI is InChI=1S/C16H24N2O2/c1-2-20-12-15-7-4-3-6-13(15)11-18-16(19)14-8-5-9-17-10-14/h3-4,6-7,14,17H,2,5,8-12H2,1H3,(H,18,19)/t14-/m0/s1. The van der Waals surface area contributed by atoms with Crippen LogP contribution in [0.25, 0.3) is 0 Å². The van der Waals surface area contributed by atoms with Gasteiger partial charge in [-0.25, -0.2) is 0 Å². The Morgan fingerprint density at radius 1 is 1.40 bits per heavy atom. The first kappa shape index (κ1) is 15.0. The second kappa shape index (κ2) is 8.02. The van der Waals surface area contributed by atoms with Crippen LogP contribution in [0.3, 0.4) is 0 Å². The van der Waals surface area contributed by atoms with Gasteiger partial charge >= 0.3 is 0 Å². The number of rotatable bonds is 6. The monoisotopic (exact) mass is 276 g/mol. The highest BCUT2D eigenvalue weighted by molar-refractivity contribution is 5.79. The molecule has 1 fully saturated rings. The summed E-state index contributed by atoms with van der Waals surface area (Å²) in [7, 11) is 0. The van der Waals surface area contributed by atoms with Crippen LogP contribution in [0.5, 0.6) is 0 Å². The highest BCUT2D eigenvalue weighted by Crippen LogP contribution is 2.12. The van der Waals surface area contributed by atoms with Crippen LogP contribution >= 0.6 is 0 Å². The van der Waals surface area contributed by atoms with Crippen molar-refractivity contribution in [1.29, 1.82) is 0 Å². The molecule has 1 aromatic rings. The van der Waals surface area contributed by atoms with E-state index in [-0.39, 0.29) is 11.8 Å². The molecule has 1 aliphatic rings. The third-order valence-corrected chi connectivity index (χ3v) is 3.70. The summed E-state index contributed by atoms with van der Waals surface area (Å²) in [6, 6.07) is 8.11. The third kappa shape index (κ3) is 4.32. The van der Waals surface area contributed by atoms with Crippen molar-refractivity contribution in [2.75, 3.05) is 19.7 Å². The van der Waals surface area contributed by atoms with Gasteiger partial charge in [-0.2, -0.15) is 0 Å². The van der Waals surface area contributed by atoms with Gasteiger partial charge in [-0.15, -0.1) is 0 Å². The Kier molecular flexibility index (Phi) is 6.02. The van der Waals surface area contributed by atoms with Crippen LogP contribution in [0, 0.1) is 5.92 Å². The zero-order valence-corrected chi connectivity index (χ0v) is 12.2. The van der Waals surface area contributed by atoms with Gasteiger partial charge in [0, 0.05) is 19.7 Å². The molecule has 110 valence electrons. The van der Waals surface area contributed by atoms with E-state index in [1.54, 1.807) is 0 Å². The smallest absolute Gasteiger partial charge is 0.224 e. The lowest BCUT2D eigenvalue weighted by atomic mass is 9.98. The lowest BCUT2D eigenvalue weighted by molar-refractivity contribution is -0.125. The predicted molar refractivity (Wildman–Crippen MR) is 79.2 cm³/mol. The molecule has 0 aliphatic carbocycles. The highest BCUT2D eigenvalue weighted by Gasteiger charge is 2.20. The Bertz CT molecular complexity index is 428. The molecule has 1 saturated heterocycles. The molecule has 1 amide bonds. The fraction of sp³-hybridized carbons (Fsp3) is 0.562. The Morgan fingerprint density at radius 2 is 2.20 bits per heavy atom. The SMILES string of the molecule is CCOCc1ccccc1CNC(=O)[C@H]1CCCNC1. The average molecular weight is 276 g/mol. The minimum absolute atomic E-state index is 0.114. The predicted octanol–water partition coefficient (Wildman–Crippen LogP) is 1.84. The van der Waals surface area contributed by atoms with Crippen molar-refractivity contribution in [3.05, 3.63) is 35.4 Å². The van der Waals surface area contributed by atoms with E-state index in [0.717, 1.165) is 37.1 Å². The number of carbonyl (C=O) groups is 1. The second-order valence-electron chi connectivity index (χ2n) is 5.17. The topological polar surface area (TPSA) is 50.4 Å². The van der Waals surface area contributed by atoms with Gasteiger partial charge in [0.2, 0.25) is 5.91 Å². The number of hydrogen-bond donors (Lipinski definition) is 2. The lowest BCUT2D eigenvalue weighted by Gasteiger charge is -2.22. The van der Waals surface area contributed by atoms with Gasteiger partial charge in [-0.05, 0) is 37.4 Å². The van der Waals surface area contributed by atoms with Gasteiger partial charge in [0.15, 0.2) is 0 Å². The molecule has 1 aliphatic heterocycles. The molecule has 2 rings (SSSR count). The van der Waals surface area contributed by atoms with E-state index < -0.39 is 0 Å². The third-order valence-electron chi connectivity index (χ3n) is 3.70. The second-order valence-corrected chi connectivity index (χ2v) is 5.17. The van der Waals surface area contributed by atoms with E-state index in [2.05, 4.69) is 16.7 Å². The number of hydrogen-bond acceptors (Lipinski definition) is 3. The Hall–Kier alpha value is -1.39. The Labute approximate surface area is 120 Å². The molecule has 1 heterocycles. The molecular weight excluding hydrogens is 252 g/mol. The van der Waals surface area contributed by atoms with Crippen LogP contribution in [0.4, 0.5) is 0 Å². The fourth-order valence-electron chi connectivity index (χ4n) is 2.49. The maximum absolute atomic E-state index is 12.1. The minimum Gasteiger partial charge on any atom is -0.377 e. The quantitative estimate of drug-likeness (QED) is 0.833. The molecule has 0 bridgehead atoms. The largest absolute Gasteiger partial charge is 0.377 e. The van der Waals surface area contributed by atoms with Crippen molar-refractivity contribution in [2.45, 2.75) is 32.9 Å². The molecule has 1 aromatic carbocycles. The first-order valence-corrected chi connectivity index (χ1v) is 7.44. The van der Waals surface area contributed by atoms with Crippen LogP contribution in [-0.2, 0) is 22.7 Å². The van der Waals surface area contributed by atoms with E-state index in [4.69, 9.17) is 4.74 Å². The molecular formula is C16H24N2O2. The number of nitrogens with one attached hydrogen (secondary N) is 2. The molecule has 4 heteroatoms. The molecule has 20 heavy (non-hydrogen) atoms. The van der Waals surface area contributed by atoms with E-state index >= 15 is 0 Å². The van der Waals surface area contributed by atoms with Crippen LogP contribution in [-0.4, -0.2) is 25.6 Å². The highest BCUT2D eigenvalue weighted by atomic mass is 16.5. The number of piperidine rings is 1. The molecule has 0 spiro atoms. The maximum atomic E-state index is 12.1. The van der Waals surface area contributed by atoms with E-state index in [9.17, 15) is 4.79 Å². The number of amides is 1. The van der Waals surface area contributed by atoms with Crippen molar-refractivity contribution >= 4 is 5.91 Å². The van der Waals surface area contributed by atoms with Gasteiger partial charge in [0.1, 0.15) is 0 Å². The van der Waals surface area contributed by atoms with Crippen LogP contribution in [0.2, 0.25) is 0 Å². The molecule has 0 saturated carbocycles. The summed E-state index contributed by atoms with van der Waals surface area (Å²) in [5.41, 5.74) is 2.29. The number of ether oxygens (including phenoxy) is 1. The van der Waals surface area contributed by atoms with Gasteiger partial charge in [-0.1, -0.05) is 24.3 Å². The van der Waals surface area contributed by atoms with Gasteiger partial charge in [0.25, 0.3) is 0 Å². The first-order chi connectivity index (χ1) is 9.81. The van der Waals surface area contributed by atoms with Crippen molar-refractivity contribution in [3.8, 4) is 0 Å². The summed E-state index contributed by atoms with van der Waals surface area (Å²) in [5, 5.41) is 6.32. The van der Waals surface area contributed by atoms with Gasteiger partial charge < -0.3 is 15.4 Å². The van der Waals surface area contributed by atoms with Crippen molar-refractivity contribution in [1.82, 2.24) is 10.6 Å². The van der Waals surface area contributed by atoms with Crippen LogP contribution < -0.4 is 10.6 Å². The molecule has 0 unspecified atom stereocenters. The summed E-state index contributed by atoms with van der Waals surface area (Å²) >= 11 is 0. The number of benzene rings is 1. The van der Waals surface area contributed by atoms with Crippen LogP contribution in [0.1, 0.15) is 30.9 Å². The van der Waals surface area contributed by atoms with Crippen molar-refractivity contribution < 1.29 is 9.53 Å². The van der Waals surface area contributed by atoms with E-state index in [0.29, 0.717) is 19.8 Å². The van der Waals surface area contributed by atoms with Gasteiger partial charge in [-0.3, -0.25) is 4.79 Å². The van der Waals surface area contributed by atoms with E-state index in [1.165, 1.54) is 0 Å². The fourth-order valence-corrected chi connectivity index (χ4v) is 2.49. The normalized spacial score (nSPS) is 18.8. The maximum Gasteiger partial charge on any atom is 0.224 e. The summed E-state index contributed by atoms with van der Waals surface area (Å²) < 4.78 is 5.46. The van der Waals surface area contributed by atoms with Crippen LogP contribution in [0.15, 0.2) is 24.3 Å². The van der Waals surface area contributed by atoms with Crippen molar-refractivity contribution in [2.24, 2.45) is 5.92 Å². The minimum atomic E-state index is 0.114. The summed E-state index contributed by atoms with van der Waals surface area (Å²) in [5.74, 6) is 0.270. The summed E-state index contributed by atoms with van der Waals surface area (Å²) in [4.78, 5) is 12.1. The summed E-state index contributed by atoms with van der Waals surface area (Å²) in [6.45, 7) is 5.70. The average Bonchev–Trinajstić information content (AvgIpc) is 2.52. The van der Waals surface area contributed by atoms with Gasteiger partial charge in [0.05, 0.1) is 12.5 Å². The first-order valence-electron chi connectivity index (χ1n) is 7.44. The number of carbonyl (C=O) groups excluding carboxylic acids is 1. The Balaban J connectivity index is 1.87. The molecule has 4 nitrogen and oxygen atoms in total. The molecule has 1 atom stereocenters. The van der Waals surface area contributed by atoms with Crippen molar-refractivity contribution in [3.63, 3.8) is 0 Å². The van der Waals surface area contributed by atoms with E-state index in [1.807, 2.05) is 25.1 Å². The lowest BCUT2D eigenvalue weighted by Crippen LogP contribution is -2.40. The Morgan fingerprint density at radius 3 is 2.90 bits per heavy atom. The molecule has 0 radical (unpaired) electrons. The molecule has 0 aromatic heterocycles. The molecule has 2 N–H and O–H groups in total.